The molecule has 0 spiro atoms. The highest BCUT2D eigenvalue weighted by atomic mass is 35.5. The largest absolute Gasteiger partial charge is 0.453 e. The highest BCUT2D eigenvalue weighted by Crippen LogP contribution is 2.29. The predicted octanol–water partition coefficient (Wildman–Crippen LogP) is 3.94. The van der Waals surface area contributed by atoms with E-state index in [1.165, 1.54) is 24.2 Å². The Balaban J connectivity index is 1.42. The summed E-state index contributed by atoms with van der Waals surface area (Å²) in [5, 5.41) is 17.4. The number of aryl methyl sites for hydroxylation is 1. The van der Waals surface area contributed by atoms with E-state index in [-0.39, 0.29) is 12.3 Å². The summed E-state index contributed by atoms with van der Waals surface area (Å²) in [5.41, 5.74) is 4.52. The van der Waals surface area contributed by atoms with E-state index in [0.29, 0.717) is 34.3 Å². The molecular weight excluding hydrogens is 574 g/mol. The van der Waals surface area contributed by atoms with Crippen molar-refractivity contribution in [1.82, 2.24) is 40.4 Å². The average molecular weight is 604 g/mol. The Labute approximate surface area is 252 Å². The molecule has 0 radical (unpaired) electrons. The second kappa shape index (κ2) is 13.3. The number of carbonyl (C=O) groups excluding carboxylic acids is 3. The van der Waals surface area contributed by atoms with Gasteiger partial charge in [0.2, 0.25) is 11.8 Å². The number of carbonyl (C=O) groups is 3. The van der Waals surface area contributed by atoms with Crippen molar-refractivity contribution in [3.05, 3.63) is 77.0 Å². The van der Waals surface area contributed by atoms with Gasteiger partial charge in [0.05, 0.1) is 37.2 Å². The van der Waals surface area contributed by atoms with Gasteiger partial charge in [0, 0.05) is 41.5 Å². The number of fused-ring (bicyclic) bond motifs is 4. The summed E-state index contributed by atoms with van der Waals surface area (Å²) >= 11 is 6.20. The number of aromatic amines is 1. The molecule has 14 heteroatoms. The average Bonchev–Trinajstić information content (AvgIpc) is 3.71. The first-order valence-electron chi connectivity index (χ1n) is 13.6. The zero-order chi connectivity index (χ0) is 30.3. The second-order valence-corrected chi connectivity index (χ2v) is 10.4. The Morgan fingerprint density at radius 3 is 2.84 bits per heavy atom. The van der Waals surface area contributed by atoms with Crippen LogP contribution >= 0.6 is 11.6 Å². The maximum Gasteiger partial charge on any atom is 0.411 e. The number of ether oxygens (including phenoxy) is 1. The van der Waals surface area contributed by atoms with Crippen molar-refractivity contribution in [3.63, 3.8) is 0 Å². The Kier molecular flexibility index (Phi) is 9.11. The summed E-state index contributed by atoms with van der Waals surface area (Å²) in [7, 11) is 3.06. The minimum Gasteiger partial charge on any atom is -0.453 e. The lowest BCUT2D eigenvalue weighted by atomic mass is 9.99. The smallest absolute Gasteiger partial charge is 0.411 e. The molecule has 0 saturated carbocycles. The molecular formula is C29H30ClN9O4. The third kappa shape index (κ3) is 7.25. The van der Waals surface area contributed by atoms with Crippen molar-refractivity contribution < 1.29 is 19.1 Å². The molecule has 2 aromatic heterocycles. The first-order chi connectivity index (χ1) is 20.8. The lowest BCUT2D eigenvalue weighted by Gasteiger charge is -2.21. The molecule has 1 aliphatic heterocycles. The SMILES string of the molecule is COC(=O)Nc1ccc2c(c1)CCCCN(C)C(=O)C[C@H](NC(=O)/C=C/c1cc(Cl)ccc1-n1cnnn1)c1ncc-2[nH]1. The molecule has 3 heterocycles. The summed E-state index contributed by atoms with van der Waals surface area (Å²) < 4.78 is 6.19. The van der Waals surface area contributed by atoms with E-state index in [9.17, 15) is 14.4 Å². The van der Waals surface area contributed by atoms with Crippen molar-refractivity contribution in [2.45, 2.75) is 31.7 Å². The molecule has 13 nitrogen and oxygen atoms in total. The lowest BCUT2D eigenvalue weighted by Crippen LogP contribution is -2.35. The van der Waals surface area contributed by atoms with Crippen molar-refractivity contribution in [1.29, 1.82) is 0 Å². The number of imidazole rings is 1. The van der Waals surface area contributed by atoms with Gasteiger partial charge < -0.3 is 19.9 Å². The van der Waals surface area contributed by atoms with Crippen molar-refractivity contribution in [2.75, 3.05) is 26.0 Å². The number of hydrogen-bond acceptors (Lipinski definition) is 8. The maximum absolute atomic E-state index is 13.2. The van der Waals surface area contributed by atoms with Crippen LogP contribution in [0, 0.1) is 0 Å². The number of methoxy groups -OCH3 is 1. The van der Waals surface area contributed by atoms with E-state index in [4.69, 9.17) is 16.3 Å². The van der Waals surface area contributed by atoms with E-state index >= 15 is 0 Å². The number of aromatic nitrogens is 6. The molecule has 43 heavy (non-hydrogen) atoms. The number of tetrazole rings is 1. The summed E-state index contributed by atoms with van der Waals surface area (Å²) in [6, 6.07) is 10.0. The van der Waals surface area contributed by atoms with Gasteiger partial charge in [-0.15, -0.1) is 5.10 Å². The molecule has 222 valence electrons. The number of amides is 3. The third-order valence-corrected chi connectivity index (χ3v) is 7.30. The van der Waals surface area contributed by atoms with E-state index in [0.717, 1.165) is 36.1 Å². The highest BCUT2D eigenvalue weighted by molar-refractivity contribution is 6.30. The molecule has 4 aromatic rings. The number of halogens is 1. The van der Waals surface area contributed by atoms with Crippen LogP contribution in [0.15, 0.2) is 55.0 Å². The fraction of sp³-hybridized carbons (Fsp3) is 0.276. The molecule has 2 aromatic carbocycles. The molecule has 5 rings (SSSR count). The van der Waals surface area contributed by atoms with Crippen LogP contribution in [-0.4, -0.2) is 73.7 Å². The van der Waals surface area contributed by atoms with Gasteiger partial charge in [-0.1, -0.05) is 17.7 Å². The lowest BCUT2D eigenvalue weighted by molar-refractivity contribution is -0.130. The number of hydrogen-bond donors (Lipinski definition) is 3. The first-order valence-corrected chi connectivity index (χ1v) is 14.0. The number of benzene rings is 2. The topological polar surface area (TPSA) is 160 Å². The first kappa shape index (κ1) is 29.5. The summed E-state index contributed by atoms with van der Waals surface area (Å²) in [6.45, 7) is 0.562. The van der Waals surface area contributed by atoms with Crippen LogP contribution in [0.2, 0.25) is 5.02 Å². The molecule has 3 N–H and O–H groups in total. The molecule has 0 saturated heterocycles. The van der Waals surface area contributed by atoms with Gasteiger partial charge in [-0.2, -0.15) is 4.68 Å². The Morgan fingerprint density at radius 1 is 1.19 bits per heavy atom. The van der Waals surface area contributed by atoms with Gasteiger partial charge in [0.25, 0.3) is 0 Å². The van der Waals surface area contributed by atoms with E-state index in [1.807, 2.05) is 12.1 Å². The monoisotopic (exact) mass is 603 g/mol. The second-order valence-electron chi connectivity index (χ2n) is 10.00. The zero-order valence-electron chi connectivity index (χ0n) is 23.6. The van der Waals surface area contributed by atoms with Crippen molar-refractivity contribution in [3.8, 4) is 16.9 Å². The van der Waals surface area contributed by atoms with Gasteiger partial charge in [-0.3, -0.25) is 14.9 Å². The van der Waals surface area contributed by atoms with Gasteiger partial charge in [-0.05, 0) is 71.7 Å². The standard InChI is InChI=1S/C29H30ClN9O4/c1-38-12-4-3-5-18-14-21(33-29(42)43-2)8-9-22(18)24-16-31-28(35-24)23(15-27(38)41)34-26(40)11-6-19-13-20(30)7-10-25(19)39-17-32-36-37-39/h6-11,13-14,16-17,23H,3-5,12,15H2,1-2H3,(H,31,35)(H,33,42)(H,34,40)/b11-6+/t23-/m0/s1. The Morgan fingerprint density at radius 2 is 2.05 bits per heavy atom. The summed E-state index contributed by atoms with van der Waals surface area (Å²) in [4.78, 5) is 47.6. The van der Waals surface area contributed by atoms with Crippen molar-refractivity contribution in [2.24, 2.45) is 0 Å². The number of rotatable bonds is 5. The van der Waals surface area contributed by atoms with Crippen LogP contribution in [0.5, 0.6) is 0 Å². The van der Waals surface area contributed by atoms with Gasteiger partial charge in [-0.25, -0.2) is 9.78 Å². The Hall–Kier alpha value is -5.04. The van der Waals surface area contributed by atoms with Crippen LogP contribution < -0.4 is 10.6 Å². The van der Waals surface area contributed by atoms with E-state index in [1.54, 1.807) is 48.5 Å². The van der Waals surface area contributed by atoms with E-state index < -0.39 is 18.0 Å². The molecule has 0 aliphatic carbocycles. The quantitative estimate of drug-likeness (QED) is 0.289. The van der Waals surface area contributed by atoms with Gasteiger partial charge in [0.1, 0.15) is 12.2 Å². The fourth-order valence-electron chi connectivity index (χ4n) is 4.82. The summed E-state index contributed by atoms with van der Waals surface area (Å²) in [6.07, 6.45) is 7.90. The summed E-state index contributed by atoms with van der Waals surface area (Å²) in [5.74, 6) is -0.105. The highest BCUT2D eigenvalue weighted by Gasteiger charge is 2.24. The Bertz CT molecular complexity index is 1650. The third-order valence-electron chi connectivity index (χ3n) is 7.06. The number of H-pyrrole nitrogens is 1. The minimum absolute atomic E-state index is 0.0188. The fourth-order valence-corrected chi connectivity index (χ4v) is 5.00. The number of nitrogens with one attached hydrogen (secondary N) is 3. The molecule has 0 unspecified atom stereocenters. The molecule has 2 bridgehead atoms. The number of anilines is 1. The minimum atomic E-state index is -0.719. The molecule has 0 fully saturated rings. The normalized spacial score (nSPS) is 15.7. The number of nitrogens with zero attached hydrogens (tertiary/aromatic N) is 6. The molecule has 1 atom stereocenters. The van der Waals surface area contributed by atoms with Crippen LogP contribution in [0.25, 0.3) is 23.0 Å². The zero-order valence-corrected chi connectivity index (χ0v) is 24.3. The molecule has 1 aliphatic rings. The van der Waals surface area contributed by atoms with Crippen LogP contribution in [0.1, 0.15) is 42.3 Å². The van der Waals surface area contributed by atoms with Gasteiger partial charge in [0.15, 0.2) is 0 Å². The van der Waals surface area contributed by atoms with Crippen LogP contribution in [0.4, 0.5) is 10.5 Å². The predicted molar refractivity (Wildman–Crippen MR) is 159 cm³/mol. The van der Waals surface area contributed by atoms with E-state index in [2.05, 4.69) is 36.1 Å². The van der Waals surface area contributed by atoms with Gasteiger partial charge >= 0.3 is 6.09 Å². The van der Waals surface area contributed by atoms with Crippen molar-refractivity contribution >= 4 is 41.3 Å². The van der Waals surface area contributed by atoms with Crippen LogP contribution in [-0.2, 0) is 20.7 Å². The molecule has 3 amide bonds. The van der Waals surface area contributed by atoms with Crippen LogP contribution in [0.3, 0.4) is 0 Å². The maximum atomic E-state index is 13.2.